The van der Waals surface area contributed by atoms with Crippen LogP contribution >= 0.6 is 11.6 Å². The largest absolute Gasteiger partial charge is 0.394 e. The number of amides is 11. The van der Waals surface area contributed by atoms with Gasteiger partial charge in [0.1, 0.15) is 60.4 Å². The van der Waals surface area contributed by atoms with E-state index < -0.39 is 132 Å². The Kier molecular flexibility index (Phi) is 33.3. The zero-order valence-corrected chi connectivity index (χ0v) is 65.5. The van der Waals surface area contributed by atoms with Crippen molar-refractivity contribution in [1.29, 1.82) is 0 Å². The summed E-state index contributed by atoms with van der Waals surface area (Å²) in [6.07, 6.45) is 2.70. The first kappa shape index (κ1) is 86.9. The first-order chi connectivity index (χ1) is 54.2. The van der Waals surface area contributed by atoms with Gasteiger partial charge >= 0.3 is 0 Å². The highest BCUT2D eigenvalue weighted by Gasteiger charge is 2.41. The lowest BCUT2D eigenvalue weighted by Crippen LogP contribution is -2.61. The second-order valence-electron chi connectivity index (χ2n) is 28.7. The number of aromatic amines is 1. The van der Waals surface area contributed by atoms with Crippen LogP contribution in [0.5, 0.6) is 0 Å². The van der Waals surface area contributed by atoms with Crippen molar-refractivity contribution in [2.45, 2.75) is 179 Å². The number of nitrogens with two attached hydrogens (primary N) is 3. The monoisotopic (exact) mass is 1570 g/mol. The van der Waals surface area contributed by atoms with Gasteiger partial charge in [-0.25, -0.2) is 0 Å². The second-order valence-corrected chi connectivity index (χ2v) is 29.2. The Bertz CT molecular complexity index is 4520. The van der Waals surface area contributed by atoms with Crippen molar-refractivity contribution in [3.63, 3.8) is 0 Å². The van der Waals surface area contributed by atoms with E-state index in [1.165, 1.54) is 18.7 Å². The molecule has 11 amide bonds. The highest BCUT2D eigenvalue weighted by Crippen LogP contribution is 2.25. The number of para-hydroxylation sites is 1. The van der Waals surface area contributed by atoms with Gasteiger partial charge in [-0.15, -0.1) is 0 Å². The van der Waals surface area contributed by atoms with Crippen molar-refractivity contribution in [2.75, 3.05) is 39.3 Å². The van der Waals surface area contributed by atoms with Gasteiger partial charge in [0, 0.05) is 87.5 Å². The number of carbonyl (C=O) groups is 11. The maximum Gasteiger partial charge on any atom is 0.245 e. The van der Waals surface area contributed by atoms with E-state index in [-0.39, 0.29) is 95.7 Å². The summed E-state index contributed by atoms with van der Waals surface area (Å²) >= 11 is 6.31. The summed E-state index contributed by atoms with van der Waals surface area (Å²) in [6, 6.07) is 26.6. The molecule has 10 atom stereocenters. The van der Waals surface area contributed by atoms with Gasteiger partial charge in [-0.3, -0.25) is 62.7 Å². The Morgan fingerprint density at radius 3 is 1.55 bits per heavy atom. The third-order valence-electron chi connectivity index (χ3n) is 19.4. The number of H-pyrrole nitrogens is 1. The molecule has 0 radical (unpaired) electrons. The minimum absolute atomic E-state index is 0.00702. The van der Waals surface area contributed by atoms with Crippen LogP contribution in [0.1, 0.15) is 115 Å². The fourth-order valence-electron chi connectivity index (χ4n) is 13.5. The number of aliphatic hydroxyl groups is 1. The lowest BCUT2D eigenvalue weighted by molar-refractivity contribution is -0.142. The van der Waals surface area contributed by atoms with Crippen LogP contribution in [0.2, 0.25) is 5.02 Å². The minimum atomic E-state index is -1.79. The SMILES string of the molecule is CCNC(=NCCCC[C@H](NC(=O)[C@H](CO)NC(=O)[C@@H](Cc1c[nH]c2ccccc12)NC(=O)[C@@H](Cc1ccc(Cl)cc1)NC(=O)[C@@H](Cc1ccc2ccccc2c1)NC(C)=O)C(=O)N[C@H](Cc1ccc2ccccc2c1)C(=O)N[C@@H](CC(C)C)C(=O)N[C@@H](CCCN=C(N)N)C(=O)N1CCC[C@H]1C(=O)N[C@H](C)C(N)=O)NCC. The number of unbranched alkanes of at least 4 members (excludes halogenated alkanes) is 1. The Balaban J connectivity index is 1.09. The Labute approximate surface area is 662 Å². The number of halogens is 1. The number of nitrogens with zero attached hydrogens (tertiary/aromatic N) is 3. The third kappa shape index (κ3) is 26.5. The lowest BCUT2D eigenvalue weighted by atomic mass is 9.98. The van der Waals surface area contributed by atoms with E-state index in [4.69, 9.17) is 28.8 Å². The standard InChI is InChI=1S/C82H107ClN18O12/c1-7-87-82(88-8-2)90-36-16-15-25-62(72(105)97-67(44-53-29-33-55-20-10-12-22-57(55)41-53)76(109)96-64(39-48(3)4)73(106)95-63(26-17-37-89-81(85)86)80(113)101-38-18-27-70(101)79(112)92-49(5)71(84)104)94-78(111)69(47-102)100-77(110)68(45-58-46-91-61-24-14-13-23-60(58)61)99-75(108)66(42-51-30-34-59(83)35-31-51)98-74(107)65(93-50(6)103)43-52-28-32-54-19-9-11-21-56(54)40-52/h9-14,19-24,28-35,40-41,46,48-49,62-70,91,102H,7-8,15-18,25-27,36-39,42-45,47H2,1-6H3,(H2,84,104)(H,92,112)(H,93,103)(H,94,111)(H,95,106)(H,96,109)(H,97,105)(H,98,107)(H,99,108)(H,100,110)(H4,85,86,89)(H2,87,88,90)/t49-,62+,63+,64+,65-,66-,67-,68-,69+,70+/m1/s1. The van der Waals surface area contributed by atoms with E-state index in [9.17, 15) is 38.7 Å². The number of aliphatic hydroxyl groups excluding tert-OH is 1. The summed E-state index contributed by atoms with van der Waals surface area (Å²) in [6.45, 7) is 10.8. The van der Waals surface area contributed by atoms with Crippen LogP contribution in [0.3, 0.4) is 0 Å². The molecule has 113 heavy (non-hydrogen) atoms. The highest BCUT2D eigenvalue weighted by atomic mass is 35.5. The Morgan fingerprint density at radius 2 is 0.991 bits per heavy atom. The molecule has 1 saturated heterocycles. The summed E-state index contributed by atoms with van der Waals surface area (Å²) in [5.41, 5.74) is 19.9. The number of carbonyl (C=O) groups excluding carboxylic acids is 11. The molecule has 1 aliphatic heterocycles. The molecule has 0 spiro atoms. The number of rotatable bonds is 41. The van der Waals surface area contributed by atoms with E-state index in [0.717, 1.165) is 27.1 Å². The number of aliphatic imine (C=N–C) groups is 2. The molecular formula is C82H107ClN18O12. The number of benzene rings is 6. The molecule has 0 saturated carbocycles. The van der Waals surface area contributed by atoms with Crippen molar-refractivity contribution in [2.24, 2.45) is 33.1 Å². The van der Waals surface area contributed by atoms with Gasteiger partial charge < -0.3 is 90.7 Å². The quantitative estimate of drug-likeness (QED) is 0.0149. The van der Waals surface area contributed by atoms with Crippen LogP contribution < -0.4 is 75.7 Å². The van der Waals surface area contributed by atoms with E-state index in [2.05, 4.69) is 73.5 Å². The van der Waals surface area contributed by atoms with Crippen LogP contribution in [0.15, 0.2) is 150 Å². The molecule has 30 nitrogen and oxygen atoms in total. The summed E-state index contributed by atoms with van der Waals surface area (Å²) in [7, 11) is 0. The summed E-state index contributed by atoms with van der Waals surface area (Å²) in [5, 5.41) is 47.1. The van der Waals surface area contributed by atoms with Crippen molar-refractivity contribution >= 4 is 121 Å². The smallest absolute Gasteiger partial charge is 0.245 e. The molecule has 7 aromatic rings. The molecule has 0 bridgehead atoms. The third-order valence-corrected chi connectivity index (χ3v) is 19.6. The first-order valence-electron chi connectivity index (χ1n) is 38.4. The van der Waals surface area contributed by atoms with E-state index in [0.29, 0.717) is 64.5 Å². The molecule has 1 fully saturated rings. The molecule has 1 aliphatic rings. The molecule has 31 heteroatoms. The van der Waals surface area contributed by atoms with Crippen LogP contribution in [0.4, 0.5) is 0 Å². The Hall–Kier alpha value is -11.7. The molecule has 0 unspecified atom stereocenters. The summed E-state index contributed by atoms with van der Waals surface area (Å²) in [4.78, 5) is 172. The second kappa shape index (κ2) is 43.2. The fraction of sp³-hybridized carbons (Fsp3) is 0.427. The lowest BCUT2D eigenvalue weighted by Gasteiger charge is -2.31. The fourth-order valence-corrected chi connectivity index (χ4v) is 13.7. The first-order valence-corrected chi connectivity index (χ1v) is 38.8. The predicted molar refractivity (Wildman–Crippen MR) is 435 cm³/mol. The number of fused-ring (bicyclic) bond motifs is 3. The van der Waals surface area contributed by atoms with Crippen molar-refractivity contribution < 1.29 is 57.8 Å². The number of hydrogen-bond donors (Lipinski definition) is 16. The van der Waals surface area contributed by atoms with Crippen LogP contribution in [0.25, 0.3) is 32.4 Å². The molecule has 1 aromatic heterocycles. The van der Waals surface area contributed by atoms with Crippen LogP contribution in [-0.4, -0.2) is 192 Å². The maximum atomic E-state index is 15.4. The van der Waals surface area contributed by atoms with E-state index in [1.807, 2.05) is 125 Å². The average molecular weight is 1570 g/mol. The van der Waals surface area contributed by atoms with Gasteiger partial charge in [-0.1, -0.05) is 141 Å². The minimum Gasteiger partial charge on any atom is -0.394 e. The summed E-state index contributed by atoms with van der Waals surface area (Å²) < 4.78 is 0. The molecule has 0 aliphatic carbocycles. The average Bonchev–Trinajstić information content (AvgIpc) is 1.76. The topological polar surface area (TPSA) is 462 Å². The zero-order chi connectivity index (χ0) is 81.7. The van der Waals surface area contributed by atoms with Crippen LogP contribution in [-0.2, 0) is 78.4 Å². The van der Waals surface area contributed by atoms with Crippen LogP contribution in [0, 0.1) is 5.92 Å². The molecule has 19 N–H and O–H groups in total. The normalized spacial score (nSPS) is 14.9. The number of guanidine groups is 2. The van der Waals surface area contributed by atoms with Gasteiger partial charge in [-0.2, -0.15) is 0 Å². The van der Waals surface area contributed by atoms with Gasteiger partial charge in [0.15, 0.2) is 11.9 Å². The van der Waals surface area contributed by atoms with Crippen molar-refractivity contribution in [3.05, 3.63) is 167 Å². The number of nitrogens with one attached hydrogen (secondary N) is 12. The zero-order valence-electron chi connectivity index (χ0n) is 64.7. The number of hydrogen-bond acceptors (Lipinski definition) is 14. The molecule has 8 rings (SSSR count). The Morgan fingerprint density at radius 1 is 0.522 bits per heavy atom. The maximum absolute atomic E-state index is 15.4. The highest BCUT2D eigenvalue weighted by molar-refractivity contribution is 6.30. The number of likely N-dealkylation sites (tertiary alicyclic amines) is 1. The van der Waals surface area contributed by atoms with Gasteiger partial charge in [-0.05, 0) is 140 Å². The number of aromatic nitrogens is 1. The van der Waals surface area contributed by atoms with Gasteiger partial charge in [0.2, 0.25) is 65.0 Å². The van der Waals surface area contributed by atoms with Crippen molar-refractivity contribution in [1.82, 2.24) is 68.4 Å². The molecule has 2 heterocycles. The molecule has 604 valence electrons. The summed E-state index contributed by atoms with van der Waals surface area (Å²) in [5.74, 6) is -8.40. The molecule has 6 aromatic carbocycles. The molecular weight excluding hydrogens is 1460 g/mol. The van der Waals surface area contributed by atoms with E-state index in [1.54, 1.807) is 42.6 Å². The van der Waals surface area contributed by atoms with Crippen molar-refractivity contribution in [3.8, 4) is 0 Å². The number of primary amides is 1. The predicted octanol–water partition coefficient (Wildman–Crippen LogP) is 3.11. The van der Waals surface area contributed by atoms with E-state index >= 15 is 19.2 Å². The van der Waals surface area contributed by atoms with Gasteiger partial charge in [0.25, 0.3) is 0 Å². The van der Waals surface area contributed by atoms with Gasteiger partial charge in [0.05, 0.1) is 6.61 Å².